The summed E-state index contributed by atoms with van der Waals surface area (Å²) in [5.74, 6) is 0.0233. The quantitative estimate of drug-likeness (QED) is 0.946. The van der Waals surface area contributed by atoms with Crippen LogP contribution in [-0.2, 0) is 18.4 Å². The summed E-state index contributed by atoms with van der Waals surface area (Å²) < 4.78 is 18.7. The van der Waals surface area contributed by atoms with Crippen molar-refractivity contribution in [1.82, 2.24) is 15.1 Å². The number of fused-ring (bicyclic) bond motifs is 2. The van der Waals surface area contributed by atoms with Gasteiger partial charge in [-0.3, -0.25) is 10.00 Å². The summed E-state index contributed by atoms with van der Waals surface area (Å²) in [5.41, 5.74) is 4.06. The molecule has 1 atom stereocenters. The van der Waals surface area contributed by atoms with E-state index in [1.54, 1.807) is 0 Å². The van der Waals surface area contributed by atoms with Crippen LogP contribution in [0.15, 0.2) is 24.4 Å². The second-order valence-corrected chi connectivity index (χ2v) is 6.83. The molecule has 0 saturated carbocycles. The molecule has 1 spiro atoms. The summed E-state index contributed by atoms with van der Waals surface area (Å²) in [6.07, 6.45) is 6.74. The van der Waals surface area contributed by atoms with Crippen LogP contribution in [-0.4, -0.2) is 35.3 Å². The van der Waals surface area contributed by atoms with E-state index in [4.69, 9.17) is 4.74 Å². The molecular formula is C18H22FN3O. The number of aromatic nitrogens is 2. The summed E-state index contributed by atoms with van der Waals surface area (Å²) in [7, 11) is 1.51. The molecule has 1 fully saturated rings. The van der Waals surface area contributed by atoms with Gasteiger partial charge in [0.15, 0.2) is 11.6 Å². The van der Waals surface area contributed by atoms with Crippen molar-refractivity contribution in [2.75, 3.05) is 20.2 Å². The van der Waals surface area contributed by atoms with Crippen LogP contribution in [0.2, 0.25) is 0 Å². The van der Waals surface area contributed by atoms with E-state index in [2.05, 4.69) is 15.1 Å². The fourth-order valence-electron chi connectivity index (χ4n) is 4.29. The van der Waals surface area contributed by atoms with Crippen LogP contribution in [0, 0.1) is 5.82 Å². The Balaban J connectivity index is 1.53. The molecule has 1 aliphatic carbocycles. The van der Waals surface area contributed by atoms with Crippen molar-refractivity contribution >= 4 is 0 Å². The molecule has 4 rings (SSSR count). The van der Waals surface area contributed by atoms with E-state index >= 15 is 0 Å². The molecule has 122 valence electrons. The Labute approximate surface area is 135 Å². The van der Waals surface area contributed by atoms with E-state index in [0.29, 0.717) is 5.75 Å². The lowest BCUT2D eigenvalue weighted by molar-refractivity contribution is 0.136. The topological polar surface area (TPSA) is 41.1 Å². The van der Waals surface area contributed by atoms with Crippen LogP contribution in [0.25, 0.3) is 0 Å². The minimum atomic E-state index is -0.302. The van der Waals surface area contributed by atoms with Crippen LogP contribution in [0.4, 0.5) is 4.39 Å². The third kappa shape index (κ3) is 2.53. The smallest absolute Gasteiger partial charge is 0.165 e. The average molecular weight is 315 g/mol. The van der Waals surface area contributed by atoms with E-state index in [1.807, 2.05) is 18.3 Å². The molecular weight excluding hydrogens is 293 g/mol. The van der Waals surface area contributed by atoms with Gasteiger partial charge in [-0.2, -0.15) is 5.10 Å². The number of aryl methyl sites for hydroxylation is 1. The summed E-state index contributed by atoms with van der Waals surface area (Å²) in [6, 6.07) is 5.17. The molecule has 5 heteroatoms. The number of likely N-dealkylation sites (tertiary alicyclic amines) is 1. The van der Waals surface area contributed by atoms with Gasteiger partial charge in [0.2, 0.25) is 0 Å². The van der Waals surface area contributed by atoms with Crippen LogP contribution < -0.4 is 4.74 Å². The predicted octanol–water partition coefficient (Wildman–Crippen LogP) is 3.04. The molecule has 0 amide bonds. The Kier molecular flexibility index (Phi) is 3.60. The van der Waals surface area contributed by atoms with Crippen molar-refractivity contribution in [1.29, 1.82) is 0 Å². The van der Waals surface area contributed by atoms with E-state index < -0.39 is 0 Å². The summed E-state index contributed by atoms with van der Waals surface area (Å²) in [4.78, 5) is 2.48. The fourth-order valence-corrected chi connectivity index (χ4v) is 4.29. The lowest BCUT2D eigenvalue weighted by Crippen LogP contribution is -2.44. The molecule has 2 aliphatic rings. The van der Waals surface area contributed by atoms with Gasteiger partial charge in [-0.05, 0) is 55.5 Å². The number of H-pyrrole nitrogens is 1. The molecule has 2 aromatic rings. The van der Waals surface area contributed by atoms with Crippen molar-refractivity contribution in [2.45, 2.75) is 37.6 Å². The molecule has 0 radical (unpaired) electrons. The lowest BCUT2D eigenvalue weighted by Gasteiger charge is -2.40. The average Bonchev–Trinajstić information content (AvgIpc) is 3.15. The minimum absolute atomic E-state index is 0.230. The molecule has 23 heavy (non-hydrogen) atoms. The Morgan fingerprint density at radius 1 is 1.39 bits per heavy atom. The zero-order valence-electron chi connectivity index (χ0n) is 13.4. The Morgan fingerprint density at radius 2 is 2.30 bits per heavy atom. The van der Waals surface area contributed by atoms with Crippen molar-refractivity contribution in [3.05, 3.63) is 47.0 Å². The van der Waals surface area contributed by atoms with Crippen molar-refractivity contribution in [3.8, 4) is 5.75 Å². The van der Waals surface area contributed by atoms with E-state index in [0.717, 1.165) is 31.6 Å². The SMILES string of the molecule is COc1cc(CN2CCCC3(CCc4cn[nH]c43)C2)ccc1F. The number of rotatable bonds is 3. The monoisotopic (exact) mass is 315 g/mol. The van der Waals surface area contributed by atoms with Gasteiger partial charge in [0.1, 0.15) is 0 Å². The molecule has 0 bridgehead atoms. The number of aromatic amines is 1. The van der Waals surface area contributed by atoms with Gasteiger partial charge in [-0.1, -0.05) is 6.07 Å². The van der Waals surface area contributed by atoms with Gasteiger partial charge in [-0.15, -0.1) is 0 Å². The molecule has 1 saturated heterocycles. The third-order valence-corrected chi connectivity index (χ3v) is 5.40. The number of piperidine rings is 1. The molecule has 1 aliphatic heterocycles. The summed E-state index contributed by atoms with van der Waals surface area (Å²) in [5, 5.41) is 7.48. The molecule has 1 aromatic heterocycles. The van der Waals surface area contributed by atoms with Crippen molar-refractivity contribution < 1.29 is 9.13 Å². The maximum Gasteiger partial charge on any atom is 0.165 e. The van der Waals surface area contributed by atoms with Crippen LogP contribution >= 0.6 is 0 Å². The zero-order valence-corrected chi connectivity index (χ0v) is 13.4. The summed E-state index contributed by atoms with van der Waals surface area (Å²) in [6.45, 7) is 2.97. The van der Waals surface area contributed by atoms with Gasteiger partial charge < -0.3 is 4.74 Å². The number of hydrogen-bond donors (Lipinski definition) is 1. The summed E-state index contributed by atoms with van der Waals surface area (Å²) >= 11 is 0. The lowest BCUT2D eigenvalue weighted by atomic mass is 9.77. The Bertz CT molecular complexity index is 714. The number of methoxy groups -OCH3 is 1. The number of hydrogen-bond acceptors (Lipinski definition) is 3. The first kappa shape index (κ1) is 14.7. The molecule has 1 unspecified atom stereocenters. The maximum absolute atomic E-state index is 13.6. The molecule has 2 heterocycles. The van der Waals surface area contributed by atoms with Gasteiger partial charge in [0.05, 0.1) is 13.3 Å². The first-order valence-electron chi connectivity index (χ1n) is 8.28. The van der Waals surface area contributed by atoms with Crippen LogP contribution in [0.1, 0.15) is 36.1 Å². The maximum atomic E-state index is 13.6. The van der Waals surface area contributed by atoms with E-state index in [1.165, 1.54) is 43.7 Å². The van der Waals surface area contributed by atoms with Gasteiger partial charge in [0, 0.05) is 24.2 Å². The second kappa shape index (κ2) is 5.64. The molecule has 4 nitrogen and oxygen atoms in total. The number of halogens is 1. The van der Waals surface area contributed by atoms with Gasteiger partial charge in [-0.25, -0.2) is 4.39 Å². The number of benzene rings is 1. The fraction of sp³-hybridized carbons (Fsp3) is 0.500. The van der Waals surface area contributed by atoms with Gasteiger partial charge in [0.25, 0.3) is 0 Å². The van der Waals surface area contributed by atoms with Crippen molar-refractivity contribution in [3.63, 3.8) is 0 Å². The van der Waals surface area contributed by atoms with Gasteiger partial charge >= 0.3 is 0 Å². The van der Waals surface area contributed by atoms with E-state index in [9.17, 15) is 4.39 Å². The number of ether oxygens (including phenoxy) is 1. The first-order valence-corrected chi connectivity index (χ1v) is 8.28. The normalized spacial score (nSPS) is 24.1. The van der Waals surface area contributed by atoms with E-state index in [-0.39, 0.29) is 11.2 Å². The second-order valence-electron chi connectivity index (χ2n) is 6.83. The third-order valence-electron chi connectivity index (χ3n) is 5.40. The Hall–Kier alpha value is -1.88. The highest BCUT2D eigenvalue weighted by Gasteiger charge is 2.43. The van der Waals surface area contributed by atoms with Crippen LogP contribution in [0.5, 0.6) is 5.75 Å². The highest BCUT2D eigenvalue weighted by Crippen LogP contribution is 2.44. The van der Waals surface area contributed by atoms with Crippen molar-refractivity contribution in [2.24, 2.45) is 0 Å². The minimum Gasteiger partial charge on any atom is -0.494 e. The number of nitrogens with zero attached hydrogens (tertiary/aromatic N) is 2. The zero-order chi connectivity index (χ0) is 15.9. The first-order chi connectivity index (χ1) is 11.2. The molecule has 1 N–H and O–H groups in total. The highest BCUT2D eigenvalue weighted by atomic mass is 19.1. The Morgan fingerprint density at radius 3 is 3.17 bits per heavy atom. The predicted molar refractivity (Wildman–Crippen MR) is 86.0 cm³/mol. The van der Waals surface area contributed by atoms with Crippen LogP contribution in [0.3, 0.4) is 0 Å². The highest BCUT2D eigenvalue weighted by molar-refractivity contribution is 5.34. The number of nitrogens with one attached hydrogen (secondary N) is 1. The standard InChI is InChI=1S/C18H22FN3O/c1-23-16-9-13(3-4-15(16)19)11-22-8-2-6-18(12-22)7-5-14-10-20-21-17(14)18/h3-4,9-10H,2,5-8,11-12H2,1H3,(H,20,21). The largest absolute Gasteiger partial charge is 0.494 e. The molecule has 1 aromatic carbocycles.